The molecule has 110 heavy (non-hydrogen) atoms. The van der Waals surface area contributed by atoms with Gasteiger partial charge in [0.1, 0.15) is 121 Å². The SMILES string of the molecule is CCOC(=O)N[C@H]1C(CO)O[C@@H](OC(=O)[C@]23CCC(C)(C)CC2C2=CCC4C5(C)CC[C@H](O[C@@H]6OC(C(=O)O)C[C@H](O[C@@H]7OC[C@@H](O)[C@H](O)C7O)C6O[C@@H]6OC(CO)[C@H](O)[C@H](O)C6O)[C@](C)(C=O)[C@@H]5CC[C@]4(C)[C@]2(C)CC3O)C(O[C@@H]2OC(C)[C@H](O[C@@H]3OC[C@@H](O)C(O[C@@H]4OC[C@@](O)(CC)C4O)C3O)C(O)C2O)C1O. The van der Waals surface area contributed by atoms with Gasteiger partial charge in [-0.3, -0.25) is 4.79 Å². The molecule has 1 amide bonds. The normalized spacial score (nSPS) is 52.2. The molecule has 628 valence electrons. The average Bonchev–Trinajstić information content (AvgIpc) is 0.703. The molecule has 7 saturated heterocycles. The van der Waals surface area contributed by atoms with Crippen LogP contribution in [0.5, 0.6) is 0 Å². The van der Waals surface area contributed by atoms with Crippen LogP contribution in [0.3, 0.4) is 0 Å². The summed E-state index contributed by atoms with van der Waals surface area (Å²) in [5.74, 6) is -3.88. The molecule has 0 radical (unpaired) electrons. The summed E-state index contributed by atoms with van der Waals surface area (Å²) in [6, 6.07) is -1.56. The Morgan fingerprint density at radius 2 is 1.23 bits per heavy atom. The second-order valence-electron chi connectivity index (χ2n) is 34.3. The summed E-state index contributed by atoms with van der Waals surface area (Å²) in [7, 11) is 0. The summed E-state index contributed by atoms with van der Waals surface area (Å²) in [6.07, 6.45) is -47.1. The van der Waals surface area contributed by atoms with Gasteiger partial charge in [0.15, 0.2) is 49.9 Å². The summed E-state index contributed by atoms with van der Waals surface area (Å²) in [5, 5.41) is 192. The summed E-state index contributed by atoms with van der Waals surface area (Å²) in [4.78, 5) is 56.4. The second-order valence-corrected chi connectivity index (χ2v) is 34.3. The molecule has 0 bridgehead atoms. The molecule has 18 unspecified atom stereocenters. The Labute approximate surface area is 635 Å². The molecular formula is C73H115NO36. The molecule has 12 aliphatic rings. The highest BCUT2D eigenvalue weighted by atomic mass is 16.8. The minimum Gasteiger partial charge on any atom is -0.479 e. The van der Waals surface area contributed by atoms with E-state index in [1.54, 1.807) is 13.8 Å². The highest BCUT2D eigenvalue weighted by molar-refractivity contribution is 5.80. The largest absolute Gasteiger partial charge is 0.479 e. The van der Waals surface area contributed by atoms with Crippen molar-refractivity contribution in [2.45, 2.75) is 329 Å². The number of aliphatic carboxylic acids is 1. The van der Waals surface area contributed by atoms with Crippen LogP contribution in [0.25, 0.3) is 0 Å². The van der Waals surface area contributed by atoms with Gasteiger partial charge in [0.25, 0.3) is 0 Å². The van der Waals surface area contributed by atoms with Crippen molar-refractivity contribution in [1.82, 2.24) is 5.32 Å². The molecular weight excluding hydrogens is 1470 g/mol. The number of hydrogen-bond donors (Lipinski definition) is 18. The molecule has 4 saturated carbocycles. The average molecular weight is 1580 g/mol. The lowest BCUT2D eigenvalue weighted by Crippen LogP contribution is -2.70. The third kappa shape index (κ3) is 15.1. The van der Waals surface area contributed by atoms with Crippen LogP contribution >= 0.6 is 0 Å². The molecule has 37 nitrogen and oxygen atoms in total. The first kappa shape index (κ1) is 85.8. The fraction of sp³-hybridized carbons (Fsp3) is 0.918. The standard InChI is InChI=1S/C73H115NO36/c1-10-72(95)28-99-64(56(72)90)107-53-33(79)26-98-59(51(53)89)106-52-29(3)100-60(50(88)47(52)85)109-55-45(83)42(74-66(94)96-11-2)36(23-75)103-63(55)110-65(93)73-19-18-67(4,5)21-31(73)30-12-13-39-68(6)16-15-41(69(7,27-77)38(68)14-17-70(39,8)71(30,9)22-40(73)80)105-62-54(108-61-49(87)46(84)44(82)37(24-76)104-61)34(20-35(102-62)57(91)92)101-58-48(86)43(81)32(78)25-97-58/h12,27,29,31-56,58-64,75-76,78-90,95H,10-11,13-26,28H2,1-9H3,(H,74,94)(H,91,92)/t29?,31?,32-,33-,34+,35?,36?,37?,38-,39?,40?,41+,42+,43+,44+,45?,46+,47?,48?,49?,50?,51?,52+,53?,54?,55?,56?,58+,59+,60+,61+,62+,63+,64+,68?,69-,70+,71-,72+,73-/m1/s1. The molecule has 0 aromatic heterocycles. The number of ether oxygens (including phenoxy) is 15. The minimum absolute atomic E-state index is 0.0130. The van der Waals surface area contributed by atoms with Crippen LogP contribution in [0.15, 0.2) is 11.6 Å². The molecule has 40 atom stereocenters. The van der Waals surface area contributed by atoms with Crippen LogP contribution < -0.4 is 5.32 Å². The first-order chi connectivity index (χ1) is 51.7. The number of carbonyl (C=O) groups is 4. The molecule has 37 heteroatoms. The number of esters is 1. The maximum atomic E-state index is 16.0. The Balaban J connectivity index is 0.798. The van der Waals surface area contributed by atoms with E-state index in [1.807, 2.05) is 0 Å². The van der Waals surface area contributed by atoms with Crippen molar-refractivity contribution >= 4 is 24.3 Å². The van der Waals surface area contributed by atoms with E-state index in [4.69, 9.17) is 71.1 Å². The second kappa shape index (κ2) is 32.7. The zero-order valence-electron chi connectivity index (χ0n) is 63.2. The highest BCUT2D eigenvalue weighted by Crippen LogP contribution is 2.76. The molecule has 0 spiro atoms. The first-order valence-corrected chi connectivity index (χ1v) is 38.5. The molecule has 0 aromatic rings. The van der Waals surface area contributed by atoms with E-state index in [0.29, 0.717) is 38.5 Å². The number of carbonyl (C=O) groups excluding carboxylic acids is 3. The number of fused-ring (bicyclic) bond motifs is 7. The number of nitrogens with one attached hydrogen (secondary N) is 1. The summed E-state index contributed by atoms with van der Waals surface area (Å²) >= 11 is 0. The van der Waals surface area contributed by atoms with Gasteiger partial charge in [-0.1, -0.05) is 60.1 Å². The van der Waals surface area contributed by atoms with E-state index in [2.05, 4.69) is 46.0 Å². The third-order valence-electron chi connectivity index (χ3n) is 27.5. The maximum absolute atomic E-state index is 16.0. The quantitative estimate of drug-likeness (QED) is 0.0224. The van der Waals surface area contributed by atoms with Gasteiger partial charge in [-0.25, -0.2) is 9.59 Å². The van der Waals surface area contributed by atoms with Crippen LogP contribution in [-0.4, -0.2) is 347 Å². The number of allylic oxidation sites excluding steroid dienone is 2. The van der Waals surface area contributed by atoms with Gasteiger partial charge in [-0.05, 0) is 117 Å². The van der Waals surface area contributed by atoms with E-state index in [1.165, 1.54) is 13.8 Å². The van der Waals surface area contributed by atoms with Gasteiger partial charge < -0.3 is 168 Å². The number of carboxylic acid groups (broad SMARTS) is 1. The predicted octanol–water partition coefficient (Wildman–Crippen LogP) is -4.17. The lowest BCUT2D eigenvalue weighted by atomic mass is 9.33. The molecule has 11 fully saturated rings. The van der Waals surface area contributed by atoms with Gasteiger partial charge in [0, 0.05) is 6.42 Å². The first-order valence-electron chi connectivity index (χ1n) is 38.5. The number of carboxylic acids is 1. The van der Waals surface area contributed by atoms with Crippen LogP contribution in [-0.2, 0) is 85.4 Å². The Hall–Kier alpha value is -3.54. The number of rotatable bonds is 21. The van der Waals surface area contributed by atoms with E-state index in [9.17, 15) is 101 Å². The Kier molecular flexibility index (Phi) is 25.5. The molecule has 5 aliphatic carbocycles. The van der Waals surface area contributed by atoms with E-state index in [0.717, 1.165) is 11.9 Å². The van der Waals surface area contributed by atoms with Crippen molar-refractivity contribution in [3.8, 4) is 0 Å². The van der Waals surface area contributed by atoms with Crippen LogP contribution in [0.1, 0.15) is 133 Å². The summed E-state index contributed by atoms with van der Waals surface area (Å²) in [6.45, 7) is 13.6. The number of aldehydes is 1. The van der Waals surface area contributed by atoms with Gasteiger partial charge in [-0.2, -0.15) is 0 Å². The lowest BCUT2D eigenvalue weighted by molar-refractivity contribution is -0.379. The third-order valence-corrected chi connectivity index (χ3v) is 27.5. The van der Waals surface area contributed by atoms with Crippen molar-refractivity contribution in [3.63, 3.8) is 0 Å². The number of aliphatic hydroxyl groups is 16. The summed E-state index contributed by atoms with van der Waals surface area (Å²) in [5.41, 5.74) is -6.59. The van der Waals surface area contributed by atoms with Crippen LogP contribution in [0, 0.1) is 50.2 Å². The Morgan fingerprint density at radius 1 is 0.600 bits per heavy atom. The van der Waals surface area contributed by atoms with E-state index in [-0.39, 0.29) is 44.8 Å². The van der Waals surface area contributed by atoms with Gasteiger partial charge >= 0.3 is 18.0 Å². The molecule has 7 heterocycles. The van der Waals surface area contributed by atoms with E-state index >= 15 is 4.79 Å². The Bertz CT molecular complexity index is 3250. The monoisotopic (exact) mass is 1580 g/mol. The van der Waals surface area contributed by atoms with Crippen molar-refractivity contribution in [1.29, 1.82) is 0 Å². The fourth-order valence-electron chi connectivity index (χ4n) is 20.7. The zero-order valence-corrected chi connectivity index (χ0v) is 63.2. The lowest BCUT2D eigenvalue weighted by Gasteiger charge is -2.71. The van der Waals surface area contributed by atoms with Crippen LogP contribution in [0.4, 0.5) is 4.79 Å². The molecule has 7 aliphatic heterocycles. The van der Waals surface area contributed by atoms with Crippen molar-refractivity contribution in [2.24, 2.45) is 50.2 Å². The topological polar surface area (TPSA) is 563 Å². The molecule has 0 aromatic carbocycles. The number of amides is 1. The zero-order chi connectivity index (χ0) is 80.2. The Morgan fingerprint density at radius 3 is 1.88 bits per heavy atom. The van der Waals surface area contributed by atoms with Crippen molar-refractivity contribution in [2.75, 3.05) is 39.6 Å². The van der Waals surface area contributed by atoms with Gasteiger partial charge in [-0.15, -0.1) is 0 Å². The predicted molar refractivity (Wildman–Crippen MR) is 363 cm³/mol. The molecule has 18 N–H and O–H groups in total. The van der Waals surface area contributed by atoms with Crippen molar-refractivity contribution in [3.05, 3.63) is 11.6 Å². The smallest absolute Gasteiger partial charge is 0.407 e. The number of hydrogen-bond acceptors (Lipinski definition) is 35. The highest BCUT2D eigenvalue weighted by Gasteiger charge is 2.73. The summed E-state index contributed by atoms with van der Waals surface area (Å²) < 4.78 is 90.1. The number of aliphatic hydroxyl groups excluding tert-OH is 15. The van der Waals surface area contributed by atoms with Gasteiger partial charge in [0.2, 0.25) is 6.29 Å². The van der Waals surface area contributed by atoms with E-state index < -0.39 is 291 Å². The molecule has 12 rings (SSSR count). The van der Waals surface area contributed by atoms with Crippen molar-refractivity contribution < 1.29 is 177 Å². The fourth-order valence-corrected chi connectivity index (χ4v) is 20.7. The maximum Gasteiger partial charge on any atom is 0.407 e. The number of alkyl carbamates (subject to hydrolysis) is 1. The van der Waals surface area contributed by atoms with Gasteiger partial charge in [0.05, 0.1) is 75.5 Å². The van der Waals surface area contributed by atoms with Crippen LogP contribution in [0.2, 0.25) is 0 Å². The minimum atomic E-state index is -2.09.